The monoisotopic (exact) mass is 429 g/mol. The van der Waals surface area contributed by atoms with Gasteiger partial charge in [0.2, 0.25) is 0 Å². The summed E-state index contributed by atoms with van der Waals surface area (Å²) in [6.07, 6.45) is -1.23. The van der Waals surface area contributed by atoms with Crippen LogP contribution >= 0.6 is 0 Å². The summed E-state index contributed by atoms with van der Waals surface area (Å²) < 4.78 is 15.2. The SMILES string of the molecule is Cc1cccc(-c2ccc3c(=O)n(CC(O)CO)c(C#N)c(-c4cccc(F)c4)c3c2)n1. The Kier molecular flexibility index (Phi) is 5.82. The summed E-state index contributed by atoms with van der Waals surface area (Å²) in [6, 6.07) is 18.6. The van der Waals surface area contributed by atoms with Crippen molar-refractivity contribution in [1.82, 2.24) is 9.55 Å². The largest absolute Gasteiger partial charge is 0.394 e. The third-order valence-electron chi connectivity index (χ3n) is 5.28. The molecule has 0 fully saturated rings. The minimum atomic E-state index is -1.23. The van der Waals surface area contributed by atoms with Crippen molar-refractivity contribution in [2.75, 3.05) is 6.61 Å². The lowest BCUT2D eigenvalue weighted by Gasteiger charge is -2.18. The van der Waals surface area contributed by atoms with Crippen LogP contribution in [0.3, 0.4) is 0 Å². The lowest BCUT2D eigenvalue weighted by atomic mass is 9.94. The number of aliphatic hydroxyl groups is 2. The number of fused-ring (bicyclic) bond motifs is 1. The van der Waals surface area contributed by atoms with Crippen molar-refractivity contribution in [1.29, 1.82) is 5.26 Å². The average molecular weight is 429 g/mol. The first kappa shape index (κ1) is 21.4. The second-order valence-corrected chi connectivity index (χ2v) is 7.52. The minimum Gasteiger partial charge on any atom is -0.394 e. The summed E-state index contributed by atoms with van der Waals surface area (Å²) in [6.45, 7) is 1.04. The van der Waals surface area contributed by atoms with Crippen LogP contribution in [-0.2, 0) is 6.54 Å². The van der Waals surface area contributed by atoms with E-state index in [1.54, 1.807) is 24.3 Å². The number of nitrogens with zero attached hydrogens (tertiary/aromatic N) is 3. The maximum atomic E-state index is 14.1. The maximum Gasteiger partial charge on any atom is 0.259 e. The van der Waals surface area contributed by atoms with Gasteiger partial charge < -0.3 is 10.2 Å². The first-order chi connectivity index (χ1) is 15.4. The highest BCUT2D eigenvalue weighted by molar-refractivity contribution is 6.00. The number of pyridine rings is 2. The number of aliphatic hydroxyl groups excluding tert-OH is 2. The predicted molar refractivity (Wildman–Crippen MR) is 119 cm³/mol. The molecule has 0 amide bonds. The first-order valence-corrected chi connectivity index (χ1v) is 10.0. The normalized spacial score (nSPS) is 12.0. The molecule has 32 heavy (non-hydrogen) atoms. The van der Waals surface area contributed by atoms with Gasteiger partial charge in [-0.1, -0.05) is 24.3 Å². The number of nitriles is 1. The Hall–Kier alpha value is -3.86. The number of rotatable bonds is 5. The van der Waals surface area contributed by atoms with Gasteiger partial charge in [-0.3, -0.25) is 14.3 Å². The topological polar surface area (TPSA) is 99.1 Å². The van der Waals surface area contributed by atoms with Crippen molar-refractivity contribution in [3.63, 3.8) is 0 Å². The smallest absolute Gasteiger partial charge is 0.259 e. The number of aromatic nitrogens is 2. The highest BCUT2D eigenvalue weighted by atomic mass is 19.1. The lowest BCUT2D eigenvalue weighted by molar-refractivity contribution is 0.0803. The molecule has 0 aliphatic rings. The molecular weight excluding hydrogens is 409 g/mol. The Bertz CT molecular complexity index is 1420. The van der Waals surface area contributed by atoms with E-state index in [-0.39, 0.29) is 12.2 Å². The molecule has 0 bridgehead atoms. The first-order valence-electron chi connectivity index (χ1n) is 10.0. The molecule has 6 nitrogen and oxygen atoms in total. The van der Waals surface area contributed by atoms with E-state index in [1.165, 1.54) is 18.2 Å². The maximum absolute atomic E-state index is 14.1. The van der Waals surface area contributed by atoms with Gasteiger partial charge in [0.05, 0.1) is 24.9 Å². The predicted octanol–water partition coefficient (Wildman–Crippen LogP) is 3.40. The quantitative estimate of drug-likeness (QED) is 0.507. The van der Waals surface area contributed by atoms with E-state index in [4.69, 9.17) is 0 Å². The van der Waals surface area contributed by atoms with Gasteiger partial charge in [-0.25, -0.2) is 4.39 Å². The molecule has 7 heteroatoms. The van der Waals surface area contributed by atoms with Crippen LogP contribution in [-0.4, -0.2) is 32.5 Å². The summed E-state index contributed by atoms with van der Waals surface area (Å²) in [4.78, 5) is 17.8. The van der Waals surface area contributed by atoms with Gasteiger partial charge in [0.25, 0.3) is 5.56 Å². The van der Waals surface area contributed by atoms with Gasteiger partial charge in [0.15, 0.2) is 0 Å². The van der Waals surface area contributed by atoms with Gasteiger partial charge in [-0.15, -0.1) is 0 Å². The van der Waals surface area contributed by atoms with Crippen LogP contribution in [0.4, 0.5) is 4.39 Å². The highest BCUT2D eigenvalue weighted by Crippen LogP contribution is 2.33. The van der Waals surface area contributed by atoms with Crippen LogP contribution in [0.2, 0.25) is 0 Å². The number of halogens is 1. The van der Waals surface area contributed by atoms with Crippen molar-refractivity contribution >= 4 is 10.8 Å². The third-order valence-corrected chi connectivity index (χ3v) is 5.28. The van der Waals surface area contributed by atoms with E-state index in [1.807, 2.05) is 31.2 Å². The molecule has 160 valence electrons. The molecule has 1 unspecified atom stereocenters. The van der Waals surface area contributed by atoms with E-state index in [0.29, 0.717) is 27.6 Å². The fourth-order valence-corrected chi connectivity index (χ4v) is 3.81. The van der Waals surface area contributed by atoms with Gasteiger partial charge in [0, 0.05) is 22.2 Å². The van der Waals surface area contributed by atoms with Gasteiger partial charge in [-0.05, 0) is 54.3 Å². The number of benzene rings is 2. The van der Waals surface area contributed by atoms with Crippen LogP contribution in [0.15, 0.2) is 65.5 Å². The Morgan fingerprint density at radius 3 is 2.56 bits per heavy atom. The fraction of sp³-hybridized carbons (Fsp3) is 0.160. The Morgan fingerprint density at radius 2 is 1.88 bits per heavy atom. The Labute approximate surface area is 183 Å². The summed E-state index contributed by atoms with van der Waals surface area (Å²) in [5, 5.41) is 30.0. The second kappa shape index (κ2) is 8.71. The van der Waals surface area contributed by atoms with E-state index >= 15 is 0 Å². The van der Waals surface area contributed by atoms with E-state index < -0.39 is 24.1 Å². The summed E-state index contributed by atoms with van der Waals surface area (Å²) in [7, 11) is 0. The Morgan fingerprint density at radius 1 is 1.09 bits per heavy atom. The third kappa shape index (κ3) is 3.89. The van der Waals surface area contributed by atoms with E-state index in [0.717, 1.165) is 15.8 Å². The van der Waals surface area contributed by atoms with Gasteiger partial charge >= 0.3 is 0 Å². The molecule has 2 aromatic carbocycles. The van der Waals surface area contributed by atoms with Crippen LogP contribution in [0.25, 0.3) is 33.2 Å². The molecular formula is C25H20FN3O3. The second-order valence-electron chi connectivity index (χ2n) is 7.52. The molecule has 0 aliphatic carbocycles. The molecule has 4 rings (SSSR count). The standard InChI is InChI=1S/C25H20FN3O3/c1-15-4-2-7-22(28-15)16-8-9-20-21(11-16)24(17-5-3-6-18(26)10-17)23(12-27)29(25(20)32)13-19(31)14-30/h2-11,19,30-31H,13-14H2,1H3. The zero-order chi connectivity index (χ0) is 22.8. The molecule has 4 aromatic rings. The molecule has 0 saturated heterocycles. The minimum absolute atomic E-state index is 0.0186. The van der Waals surface area contributed by atoms with Crippen molar-refractivity contribution in [3.8, 4) is 28.5 Å². The zero-order valence-corrected chi connectivity index (χ0v) is 17.3. The fourth-order valence-electron chi connectivity index (χ4n) is 3.81. The van der Waals surface area contributed by atoms with Crippen molar-refractivity contribution in [3.05, 3.63) is 88.2 Å². The van der Waals surface area contributed by atoms with Crippen LogP contribution in [0.5, 0.6) is 0 Å². The number of hydrogen-bond donors (Lipinski definition) is 2. The lowest BCUT2D eigenvalue weighted by Crippen LogP contribution is -2.31. The van der Waals surface area contributed by atoms with E-state index in [9.17, 15) is 24.7 Å². The molecule has 0 spiro atoms. The molecule has 1 atom stereocenters. The molecule has 2 aromatic heterocycles. The van der Waals surface area contributed by atoms with Crippen molar-refractivity contribution in [2.45, 2.75) is 19.6 Å². The zero-order valence-electron chi connectivity index (χ0n) is 17.3. The summed E-state index contributed by atoms with van der Waals surface area (Å²) >= 11 is 0. The van der Waals surface area contributed by atoms with Crippen molar-refractivity contribution in [2.24, 2.45) is 0 Å². The molecule has 2 heterocycles. The van der Waals surface area contributed by atoms with Crippen LogP contribution in [0.1, 0.15) is 11.4 Å². The van der Waals surface area contributed by atoms with Crippen LogP contribution in [0, 0.1) is 24.1 Å². The van der Waals surface area contributed by atoms with E-state index in [2.05, 4.69) is 4.98 Å². The number of aryl methyl sites for hydroxylation is 1. The van der Waals surface area contributed by atoms with Crippen molar-refractivity contribution < 1.29 is 14.6 Å². The summed E-state index contributed by atoms with van der Waals surface area (Å²) in [5.41, 5.74) is 2.59. The molecule has 0 aliphatic heterocycles. The number of hydrogen-bond acceptors (Lipinski definition) is 5. The molecule has 2 N–H and O–H groups in total. The van der Waals surface area contributed by atoms with Crippen LogP contribution < -0.4 is 5.56 Å². The van der Waals surface area contributed by atoms with Gasteiger partial charge in [-0.2, -0.15) is 5.26 Å². The van der Waals surface area contributed by atoms with Gasteiger partial charge in [0.1, 0.15) is 17.6 Å². The average Bonchev–Trinajstić information content (AvgIpc) is 2.80. The Balaban J connectivity index is 2.10. The highest BCUT2D eigenvalue weighted by Gasteiger charge is 2.21. The molecule has 0 saturated carbocycles. The summed E-state index contributed by atoms with van der Waals surface area (Å²) in [5.74, 6) is -0.482. The molecule has 0 radical (unpaired) electrons.